The van der Waals surface area contributed by atoms with E-state index in [2.05, 4.69) is 0 Å². The van der Waals surface area contributed by atoms with Crippen molar-refractivity contribution in [3.8, 4) is 0 Å². The van der Waals surface area contributed by atoms with Crippen molar-refractivity contribution in [2.24, 2.45) is 5.92 Å². The first-order chi connectivity index (χ1) is 13.3. The number of carbonyl (C=O) groups is 1. The number of ether oxygens (including phenoxy) is 1. The number of carbonyl (C=O) groups excluding carboxylic acids is 1. The van der Waals surface area contributed by atoms with Crippen LogP contribution in [0.15, 0.2) is 29.2 Å². The molecule has 28 heavy (non-hydrogen) atoms. The number of para-hydroxylation sites is 1. The van der Waals surface area contributed by atoms with Crippen LogP contribution < -0.4 is 0 Å². The van der Waals surface area contributed by atoms with Crippen LogP contribution in [-0.4, -0.2) is 79.1 Å². The quantitative estimate of drug-likeness (QED) is 0.412. The second kappa shape index (κ2) is 8.11. The molecule has 0 unspecified atom stereocenters. The van der Waals surface area contributed by atoms with Gasteiger partial charge in [-0.1, -0.05) is 12.1 Å². The molecule has 3 rings (SSSR count). The standard InChI is InChI=1S/C17H23N3O7S/c1-27-17(22)12-10-14(15(21)11-12)18-6-8-19(9-7-18)28(25,26)16-5-3-2-4-13(16)20(23)24/h2-5,12,14-15,21H,6-11H2,1H3/t12-,14+,15+/m0/s1. The molecule has 2 fully saturated rings. The fourth-order valence-electron chi connectivity index (χ4n) is 3.99. The molecule has 1 heterocycles. The SMILES string of the molecule is COC(=O)[C@@H]1C[C@@H](O)[C@H](N2CCN(S(=O)(=O)c3ccccc3[N+](=O)[O-])CC2)C1. The molecule has 1 aliphatic heterocycles. The van der Waals surface area contributed by atoms with Gasteiger partial charge in [0.05, 0.1) is 24.1 Å². The van der Waals surface area contributed by atoms with Crippen LogP contribution in [0.5, 0.6) is 0 Å². The molecule has 2 aliphatic rings. The van der Waals surface area contributed by atoms with Gasteiger partial charge in [-0.05, 0) is 18.9 Å². The number of benzene rings is 1. The summed E-state index contributed by atoms with van der Waals surface area (Å²) in [4.78, 5) is 23.8. The molecule has 1 aliphatic carbocycles. The molecule has 11 heteroatoms. The smallest absolute Gasteiger partial charge is 0.308 e. The Balaban J connectivity index is 1.69. The number of nitrogens with zero attached hydrogens (tertiary/aromatic N) is 3. The number of rotatable bonds is 5. The summed E-state index contributed by atoms with van der Waals surface area (Å²) in [6.45, 7) is 1.05. The van der Waals surface area contributed by atoms with Gasteiger partial charge in [-0.3, -0.25) is 19.8 Å². The summed E-state index contributed by atoms with van der Waals surface area (Å²) >= 11 is 0. The van der Waals surface area contributed by atoms with E-state index in [4.69, 9.17) is 4.74 Å². The molecule has 154 valence electrons. The van der Waals surface area contributed by atoms with Crippen molar-refractivity contribution in [1.82, 2.24) is 9.21 Å². The maximum atomic E-state index is 12.9. The van der Waals surface area contributed by atoms with Crippen molar-refractivity contribution in [1.29, 1.82) is 0 Å². The van der Waals surface area contributed by atoms with Crippen molar-refractivity contribution < 1.29 is 28.0 Å². The van der Waals surface area contributed by atoms with Crippen LogP contribution in [0.1, 0.15) is 12.8 Å². The lowest BCUT2D eigenvalue weighted by molar-refractivity contribution is -0.387. The zero-order valence-corrected chi connectivity index (χ0v) is 16.2. The highest BCUT2D eigenvalue weighted by atomic mass is 32.2. The van der Waals surface area contributed by atoms with Crippen molar-refractivity contribution in [3.05, 3.63) is 34.4 Å². The number of hydrogen-bond donors (Lipinski definition) is 1. The van der Waals surface area contributed by atoms with Crippen molar-refractivity contribution >= 4 is 21.7 Å². The number of hydrogen-bond acceptors (Lipinski definition) is 8. The molecule has 3 atom stereocenters. The lowest BCUT2D eigenvalue weighted by Crippen LogP contribution is -2.53. The van der Waals surface area contributed by atoms with E-state index in [0.717, 1.165) is 0 Å². The summed E-state index contributed by atoms with van der Waals surface area (Å²) < 4.78 is 31.7. The maximum absolute atomic E-state index is 12.9. The first kappa shape index (κ1) is 20.6. The second-order valence-electron chi connectivity index (χ2n) is 6.99. The van der Waals surface area contributed by atoms with Crippen LogP contribution in [-0.2, 0) is 19.6 Å². The van der Waals surface area contributed by atoms with Crippen LogP contribution in [0, 0.1) is 16.0 Å². The Bertz CT molecular complexity index is 852. The number of methoxy groups -OCH3 is 1. The van der Waals surface area contributed by atoms with Crippen LogP contribution in [0.4, 0.5) is 5.69 Å². The van der Waals surface area contributed by atoms with Crippen LogP contribution in [0.2, 0.25) is 0 Å². The van der Waals surface area contributed by atoms with Gasteiger partial charge in [-0.15, -0.1) is 0 Å². The Morgan fingerprint density at radius 1 is 1.21 bits per heavy atom. The fraction of sp³-hybridized carbons (Fsp3) is 0.588. The third kappa shape index (κ3) is 3.88. The van der Waals surface area contributed by atoms with Crippen molar-refractivity contribution in [2.75, 3.05) is 33.3 Å². The van der Waals surface area contributed by atoms with Gasteiger partial charge in [0.2, 0.25) is 10.0 Å². The number of aliphatic hydroxyl groups is 1. The molecule has 1 N–H and O–H groups in total. The lowest BCUT2D eigenvalue weighted by atomic mass is 10.1. The topological polar surface area (TPSA) is 130 Å². The highest BCUT2D eigenvalue weighted by molar-refractivity contribution is 7.89. The van der Waals surface area contributed by atoms with Gasteiger partial charge in [-0.25, -0.2) is 8.42 Å². The van der Waals surface area contributed by atoms with E-state index >= 15 is 0 Å². The number of piperazine rings is 1. The zero-order chi connectivity index (χ0) is 20.5. The molecule has 1 saturated heterocycles. The number of esters is 1. The molecule has 0 spiro atoms. The zero-order valence-electron chi connectivity index (χ0n) is 15.4. The average molecular weight is 413 g/mol. The van der Waals surface area contributed by atoms with E-state index in [-0.39, 0.29) is 35.9 Å². The predicted molar refractivity (Wildman–Crippen MR) is 98.0 cm³/mol. The monoisotopic (exact) mass is 413 g/mol. The Kier molecular flexibility index (Phi) is 5.98. The molecule has 0 aromatic heterocycles. The first-order valence-electron chi connectivity index (χ1n) is 8.99. The second-order valence-corrected chi connectivity index (χ2v) is 8.90. The molecule has 1 aromatic rings. The van der Waals surface area contributed by atoms with Gasteiger partial charge >= 0.3 is 5.97 Å². The number of sulfonamides is 1. The van der Waals surface area contributed by atoms with Crippen LogP contribution >= 0.6 is 0 Å². The fourth-order valence-corrected chi connectivity index (χ4v) is 5.57. The molecular weight excluding hydrogens is 390 g/mol. The van der Waals surface area contributed by atoms with E-state index in [0.29, 0.717) is 25.9 Å². The molecule has 0 bridgehead atoms. The largest absolute Gasteiger partial charge is 0.469 e. The normalized spacial score (nSPS) is 26.9. The van der Waals surface area contributed by atoms with Gasteiger partial charge in [0.1, 0.15) is 0 Å². The third-order valence-corrected chi connectivity index (χ3v) is 7.40. The maximum Gasteiger partial charge on any atom is 0.308 e. The van der Waals surface area contributed by atoms with Gasteiger partial charge < -0.3 is 9.84 Å². The number of nitro benzene ring substituents is 1. The van der Waals surface area contributed by atoms with E-state index in [1.165, 1.54) is 35.7 Å². The lowest BCUT2D eigenvalue weighted by Gasteiger charge is -2.38. The molecule has 0 amide bonds. The Morgan fingerprint density at radius 2 is 1.86 bits per heavy atom. The first-order valence-corrected chi connectivity index (χ1v) is 10.4. The molecule has 1 aromatic carbocycles. The highest BCUT2D eigenvalue weighted by Crippen LogP contribution is 2.32. The minimum atomic E-state index is -4.00. The minimum absolute atomic E-state index is 0.153. The molecule has 1 saturated carbocycles. The van der Waals surface area contributed by atoms with Crippen LogP contribution in [0.3, 0.4) is 0 Å². The third-order valence-electron chi connectivity index (χ3n) is 5.45. The Labute approximate surface area is 162 Å². The van der Waals surface area contributed by atoms with Gasteiger partial charge in [0.15, 0.2) is 4.90 Å². The molecular formula is C17H23N3O7S. The molecule has 10 nitrogen and oxygen atoms in total. The Hall–Kier alpha value is -2.08. The van der Waals surface area contributed by atoms with E-state index in [1.807, 2.05) is 4.90 Å². The summed E-state index contributed by atoms with van der Waals surface area (Å²) in [5.74, 6) is -0.710. The Morgan fingerprint density at radius 3 is 2.46 bits per heavy atom. The van der Waals surface area contributed by atoms with Gasteiger partial charge in [-0.2, -0.15) is 4.31 Å². The number of aliphatic hydroxyl groups excluding tert-OH is 1. The minimum Gasteiger partial charge on any atom is -0.469 e. The number of nitro groups is 1. The molecule has 0 radical (unpaired) electrons. The summed E-state index contributed by atoms with van der Waals surface area (Å²) in [5.41, 5.74) is -0.447. The van der Waals surface area contributed by atoms with Crippen molar-refractivity contribution in [3.63, 3.8) is 0 Å². The summed E-state index contributed by atoms with van der Waals surface area (Å²) in [6.07, 6.45) is 0.110. The summed E-state index contributed by atoms with van der Waals surface area (Å²) in [7, 11) is -2.68. The average Bonchev–Trinajstić information content (AvgIpc) is 3.09. The predicted octanol–water partition coefficient (Wildman–Crippen LogP) is 0.214. The highest BCUT2D eigenvalue weighted by Gasteiger charge is 2.42. The van der Waals surface area contributed by atoms with E-state index in [1.54, 1.807) is 0 Å². The van der Waals surface area contributed by atoms with Crippen LogP contribution in [0.25, 0.3) is 0 Å². The van der Waals surface area contributed by atoms with Gasteiger partial charge in [0, 0.05) is 38.3 Å². The van der Waals surface area contributed by atoms with E-state index in [9.17, 15) is 28.4 Å². The summed E-state index contributed by atoms with van der Waals surface area (Å²) in [6, 6.07) is 5.05. The summed E-state index contributed by atoms with van der Waals surface area (Å²) in [5, 5.41) is 21.5. The van der Waals surface area contributed by atoms with Crippen molar-refractivity contribution in [2.45, 2.75) is 29.9 Å². The van der Waals surface area contributed by atoms with E-state index < -0.39 is 26.7 Å². The van der Waals surface area contributed by atoms with Gasteiger partial charge in [0.25, 0.3) is 5.69 Å².